The molecule has 0 nitrogen and oxygen atoms in total. The van der Waals surface area contributed by atoms with Crippen LogP contribution < -0.4 is 0 Å². The Labute approximate surface area is 74.3 Å². The molecule has 0 N–H and O–H groups in total. The van der Waals surface area contributed by atoms with Gasteiger partial charge in [-0.1, -0.05) is 20.8 Å². The molecule has 64 valence electrons. The maximum absolute atomic E-state index is 6.22. The minimum atomic E-state index is 0.465. The average Bonchev–Trinajstić information content (AvgIpc) is 1.93. The Morgan fingerprint density at radius 1 is 1.27 bits per heavy atom. The lowest BCUT2D eigenvalue weighted by molar-refractivity contribution is -0.0962. The molecule has 1 heteroatoms. The number of hydrogen-bond donors (Lipinski definition) is 0. The Morgan fingerprint density at radius 3 is 2.27 bits per heavy atom. The Bertz CT molecular complexity index is 174. The summed E-state index contributed by atoms with van der Waals surface area (Å²) in [6, 6.07) is 0. The predicted molar refractivity (Wildman–Crippen MR) is 48.8 cm³/mol. The van der Waals surface area contributed by atoms with Crippen molar-refractivity contribution >= 4 is 11.6 Å². The van der Waals surface area contributed by atoms with Gasteiger partial charge in [-0.15, -0.1) is 11.6 Å². The zero-order valence-electron chi connectivity index (χ0n) is 7.60. The van der Waals surface area contributed by atoms with Crippen molar-refractivity contribution in [3.63, 3.8) is 0 Å². The summed E-state index contributed by atoms with van der Waals surface area (Å²) in [6.07, 6.45) is 2.70. The van der Waals surface area contributed by atoms with Gasteiger partial charge in [0.2, 0.25) is 0 Å². The summed E-state index contributed by atoms with van der Waals surface area (Å²) in [5.41, 5.74) is 0.602. The van der Waals surface area contributed by atoms with Crippen LogP contribution in [0.5, 0.6) is 0 Å². The van der Waals surface area contributed by atoms with Gasteiger partial charge in [-0.2, -0.15) is 0 Å². The number of alkyl halides is 1. The fraction of sp³-hybridized carbons (Fsp3) is 1.00. The van der Waals surface area contributed by atoms with Gasteiger partial charge < -0.3 is 0 Å². The summed E-state index contributed by atoms with van der Waals surface area (Å²) in [4.78, 5) is 0. The number of fused-ring (bicyclic) bond motifs is 2. The molecule has 0 aromatic carbocycles. The Hall–Kier alpha value is 0.290. The second-order valence-electron chi connectivity index (χ2n) is 4.97. The maximum atomic E-state index is 6.22. The summed E-state index contributed by atoms with van der Waals surface area (Å²) >= 11 is 6.22. The molecule has 3 aliphatic carbocycles. The zero-order chi connectivity index (χ0) is 8.22. The van der Waals surface area contributed by atoms with Crippen LogP contribution in [0, 0.1) is 23.2 Å². The van der Waals surface area contributed by atoms with Crippen LogP contribution in [0.1, 0.15) is 33.6 Å². The second-order valence-corrected chi connectivity index (χ2v) is 5.53. The van der Waals surface area contributed by atoms with E-state index in [0.29, 0.717) is 10.8 Å². The molecule has 3 fully saturated rings. The van der Waals surface area contributed by atoms with E-state index in [0.717, 1.165) is 17.8 Å². The van der Waals surface area contributed by atoms with Crippen LogP contribution in [0.25, 0.3) is 0 Å². The molecular weight excluding hydrogens is 156 g/mol. The standard InChI is InChI=1S/C10H17Cl/c1-6-8-4-7(5-9(6)11)10(8,2)3/h6-9H,4-5H2,1-3H3/t6-,7+,8-,9+/m0/s1. The second kappa shape index (κ2) is 2.16. The Balaban J connectivity index is 2.17. The monoisotopic (exact) mass is 172 g/mol. The summed E-state index contributed by atoms with van der Waals surface area (Å²) < 4.78 is 0. The zero-order valence-corrected chi connectivity index (χ0v) is 8.36. The van der Waals surface area contributed by atoms with E-state index in [-0.39, 0.29) is 0 Å². The van der Waals surface area contributed by atoms with Crippen molar-refractivity contribution in [2.24, 2.45) is 23.2 Å². The Morgan fingerprint density at radius 2 is 1.91 bits per heavy atom. The lowest BCUT2D eigenvalue weighted by Gasteiger charge is -2.61. The van der Waals surface area contributed by atoms with Crippen LogP contribution in [0.4, 0.5) is 0 Å². The molecule has 0 saturated heterocycles. The van der Waals surface area contributed by atoms with Crippen molar-refractivity contribution < 1.29 is 0 Å². The summed E-state index contributed by atoms with van der Waals surface area (Å²) in [6.45, 7) is 7.13. The van der Waals surface area contributed by atoms with E-state index in [4.69, 9.17) is 11.6 Å². The van der Waals surface area contributed by atoms with Gasteiger partial charge >= 0.3 is 0 Å². The van der Waals surface area contributed by atoms with Crippen LogP contribution in [-0.2, 0) is 0 Å². The van der Waals surface area contributed by atoms with Crippen molar-refractivity contribution in [3.8, 4) is 0 Å². The molecule has 0 aliphatic heterocycles. The SMILES string of the molecule is C[C@@H]1[C@H](Cl)C[C@H]2C[C@@H]1C2(C)C. The molecule has 0 unspecified atom stereocenters. The van der Waals surface area contributed by atoms with Gasteiger partial charge in [-0.05, 0) is 36.0 Å². The van der Waals surface area contributed by atoms with Gasteiger partial charge in [-0.3, -0.25) is 0 Å². The molecule has 0 aromatic rings. The lowest BCUT2D eigenvalue weighted by Crippen LogP contribution is -2.55. The smallest absolute Gasteiger partial charge is 0.0367 e. The van der Waals surface area contributed by atoms with E-state index in [1.807, 2.05) is 0 Å². The van der Waals surface area contributed by atoms with E-state index in [1.165, 1.54) is 12.8 Å². The Kier molecular flexibility index (Phi) is 1.55. The van der Waals surface area contributed by atoms with Crippen LogP contribution in [0.2, 0.25) is 0 Å². The lowest BCUT2D eigenvalue weighted by atomic mass is 9.46. The summed E-state index contributed by atoms with van der Waals surface area (Å²) in [7, 11) is 0. The molecular formula is C10H17Cl. The molecule has 3 rings (SSSR count). The first-order valence-corrected chi connectivity index (χ1v) is 5.11. The summed E-state index contributed by atoms with van der Waals surface area (Å²) in [5, 5.41) is 0.465. The van der Waals surface area contributed by atoms with Gasteiger partial charge in [0.05, 0.1) is 0 Å². The molecule has 3 saturated carbocycles. The van der Waals surface area contributed by atoms with Crippen LogP contribution >= 0.6 is 11.6 Å². The van der Waals surface area contributed by atoms with E-state index >= 15 is 0 Å². The molecule has 0 radical (unpaired) electrons. The third-order valence-electron chi connectivity index (χ3n) is 4.26. The summed E-state index contributed by atoms with van der Waals surface area (Å²) in [5.74, 6) is 2.58. The minimum absolute atomic E-state index is 0.465. The molecule has 4 atom stereocenters. The minimum Gasteiger partial charge on any atom is -0.123 e. The van der Waals surface area contributed by atoms with Gasteiger partial charge in [0, 0.05) is 5.38 Å². The third-order valence-corrected chi connectivity index (χ3v) is 4.84. The first kappa shape index (κ1) is 7.91. The fourth-order valence-electron chi connectivity index (χ4n) is 3.09. The van der Waals surface area contributed by atoms with Gasteiger partial charge in [0.25, 0.3) is 0 Å². The van der Waals surface area contributed by atoms with E-state index in [2.05, 4.69) is 20.8 Å². The molecule has 0 spiro atoms. The van der Waals surface area contributed by atoms with Crippen LogP contribution in [0.15, 0.2) is 0 Å². The maximum Gasteiger partial charge on any atom is 0.0367 e. The molecule has 0 amide bonds. The third kappa shape index (κ3) is 0.884. The number of halogens is 1. The topological polar surface area (TPSA) is 0 Å². The van der Waals surface area contributed by atoms with Crippen LogP contribution in [0.3, 0.4) is 0 Å². The van der Waals surface area contributed by atoms with Crippen molar-refractivity contribution in [1.29, 1.82) is 0 Å². The highest BCUT2D eigenvalue weighted by molar-refractivity contribution is 6.20. The normalized spacial score (nSPS) is 53.5. The number of hydrogen-bond acceptors (Lipinski definition) is 0. The highest BCUT2D eigenvalue weighted by Gasteiger charge is 2.55. The van der Waals surface area contributed by atoms with E-state index in [1.54, 1.807) is 0 Å². The molecule has 2 bridgehead atoms. The quantitative estimate of drug-likeness (QED) is 0.492. The molecule has 11 heavy (non-hydrogen) atoms. The molecule has 0 aromatic heterocycles. The first-order chi connectivity index (χ1) is 5.03. The van der Waals surface area contributed by atoms with Crippen molar-refractivity contribution in [2.45, 2.75) is 39.0 Å². The van der Waals surface area contributed by atoms with E-state index in [9.17, 15) is 0 Å². The van der Waals surface area contributed by atoms with Crippen molar-refractivity contribution in [2.75, 3.05) is 0 Å². The van der Waals surface area contributed by atoms with Crippen LogP contribution in [-0.4, -0.2) is 5.38 Å². The highest BCUT2D eigenvalue weighted by Crippen LogP contribution is 2.62. The van der Waals surface area contributed by atoms with Crippen molar-refractivity contribution in [3.05, 3.63) is 0 Å². The largest absolute Gasteiger partial charge is 0.123 e. The van der Waals surface area contributed by atoms with E-state index < -0.39 is 0 Å². The molecule has 3 aliphatic rings. The highest BCUT2D eigenvalue weighted by atomic mass is 35.5. The average molecular weight is 173 g/mol. The fourth-order valence-corrected chi connectivity index (χ4v) is 3.48. The van der Waals surface area contributed by atoms with Gasteiger partial charge in [-0.25, -0.2) is 0 Å². The van der Waals surface area contributed by atoms with Gasteiger partial charge in [0.1, 0.15) is 0 Å². The van der Waals surface area contributed by atoms with Gasteiger partial charge in [0.15, 0.2) is 0 Å². The predicted octanol–water partition coefficient (Wildman–Crippen LogP) is 3.30. The molecule has 0 heterocycles. The van der Waals surface area contributed by atoms with Crippen molar-refractivity contribution in [1.82, 2.24) is 0 Å². The number of rotatable bonds is 0. The first-order valence-electron chi connectivity index (χ1n) is 4.67.